The number of aromatic nitrogens is 2. The van der Waals surface area contributed by atoms with Crippen LogP contribution >= 0.6 is 0 Å². The smallest absolute Gasteiger partial charge is 0.336 e. The monoisotopic (exact) mass is 544 g/mol. The third-order valence-corrected chi connectivity index (χ3v) is 7.77. The Morgan fingerprint density at radius 1 is 0.854 bits per heavy atom. The second-order valence-corrected chi connectivity index (χ2v) is 10.8. The first-order chi connectivity index (χ1) is 19.7. The Labute approximate surface area is 244 Å². The Hall–Kier alpha value is -4.44. The summed E-state index contributed by atoms with van der Waals surface area (Å²) in [5.74, 6) is 0.142. The van der Waals surface area contributed by atoms with E-state index in [9.17, 15) is 9.90 Å². The molecule has 0 spiro atoms. The van der Waals surface area contributed by atoms with Crippen LogP contribution in [0.1, 0.15) is 58.8 Å². The van der Waals surface area contributed by atoms with Gasteiger partial charge in [-0.2, -0.15) is 0 Å². The van der Waals surface area contributed by atoms with E-state index in [4.69, 9.17) is 4.98 Å². The van der Waals surface area contributed by atoms with Crippen molar-refractivity contribution >= 4 is 17.0 Å². The zero-order valence-electron chi connectivity index (χ0n) is 24.9. The third-order valence-electron chi connectivity index (χ3n) is 7.77. The van der Waals surface area contributed by atoms with E-state index < -0.39 is 5.97 Å². The highest BCUT2D eigenvalue weighted by Crippen LogP contribution is 2.27. The minimum Gasteiger partial charge on any atom is -0.478 e. The molecule has 0 bridgehead atoms. The molecule has 0 saturated carbocycles. The zero-order valence-corrected chi connectivity index (χ0v) is 24.9. The van der Waals surface area contributed by atoms with E-state index in [0.717, 1.165) is 48.2 Å². The highest BCUT2D eigenvalue weighted by Gasteiger charge is 2.12. The van der Waals surface area contributed by atoms with Crippen molar-refractivity contribution < 1.29 is 9.90 Å². The van der Waals surface area contributed by atoms with E-state index in [1.807, 2.05) is 30.3 Å². The Bertz CT molecular complexity index is 1650. The number of carboxylic acid groups (broad SMARTS) is 1. The predicted octanol–water partition coefficient (Wildman–Crippen LogP) is 9.51. The number of hydrogen-bond donors (Lipinski definition) is 1. The van der Waals surface area contributed by atoms with Crippen molar-refractivity contribution in [1.82, 2.24) is 9.55 Å². The lowest BCUT2D eigenvalue weighted by Crippen LogP contribution is -1.99. The summed E-state index contributed by atoms with van der Waals surface area (Å²) in [6, 6.07) is 28.0. The predicted molar refractivity (Wildman–Crippen MR) is 172 cm³/mol. The number of nitrogens with zero attached hydrogens (tertiary/aromatic N) is 2. The van der Waals surface area contributed by atoms with Crippen LogP contribution in [0.3, 0.4) is 0 Å². The second kappa shape index (κ2) is 13.3. The van der Waals surface area contributed by atoms with Crippen LogP contribution in [0, 0.1) is 20.8 Å². The number of carbonyl (C=O) groups is 1. The molecule has 0 aliphatic carbocycles. The number of aromatic carboxylic acids is 1. The Morgan fingerprint density at radius 2 is 1.49 bits per heavy atom. The molecule has 0 fully saturated rings. The maximum atomic E-state index is 11.3. The molecular formula is C37H40N2O2. The average molecular weight is 545 g/mol. The van der Waals surface area contributed by atoms with E-state index in [1.54, 1.807) is 12.1 Å². The number of imidazole rings is 1. The summed E-state index contributed by atoms with van der Waals surface area (Å²) in [5, 5.41) is 9.27. The Balaban J connectivity index is 0.000000191. The lowest BCUT2D eigenvalue weighted by Gasteiger charge is -2.09. The van der Waals surface area contributed by atoms with Gasteiger partial charge in [0.15, 0.2) is 0 Å². The molecule has 0 saturated heterocycles. The van der Waals surface area contributed by atoms with Crippen LogP contribution < -0.4 is 0 Å². The van der Waals surface area contributed by atoms with Gasteiger partial charge in [0.1, 0.15) is 5.82 Å². The van der Waals surface area contributed by atoms with Crippen LogP contribution in [0.2, 0.25) is 0 Å². The highest BCUT2D eigenvalue weighted by molar-refractivity contribution is 5.96. The van der Waals surface area contributed by atoms with Gasteiger partial charge in [-0.1, -0.05) is 80.1 Å². The van der Waals surface area contributed by atoms with Crippen molar-refractivity contribution in [2.24, 2.45) is 7.05 Å². The molecule has 5 aromatic rings. The fraction of sp³-hybridized carbons (Fsp3) is 0.243. The van der Waals surface area contributed by atoms with Gasteiger partial charge < -0.3 is 9.67 Å². The number of fused-ring (bicyclic) bond motifs is 1. The van der Waals surface area contributed by atoms with Gasteiger partial charge in [0.05, 0.1) is 16.6 Å². The zero-order chi connectivity index (χ0) is 29.5. The van der Waals surface area contributed by atoms with E-state index in [-0.39, 0.29) is 0 Å². The van der Waals surface area contributed by atoms with Crippen molar-refractivity contribution in [3.8, 4) is 22.5 Å². The SMILES string of the molecule is C=C(CCC)CCc1ccc(-c2ccccc2C(=O)O)cc1.Cc1cc(-c2nc3ccccc3n2C)cc(C)c1C. The molecule has 0 aliphatic rings. The minimum absolute atomic E-state index is 0.339. The van der Waals surface area contributed by atoms with Crippen LogP contribution in [0.5, 0.6) is 0 Å². The van der Waals surface area contributed by atoms with Gasteiger partial charge >= 0.3 is 5.97 Å². The van der Waals surface area contributed by atoms with Crippen LogP contribution in [-0.2, 0) is 13.5 Å². The minimum atomic E-state index is -0.893. The molecule has 4 aromatic carbocycles. The number of carboxylic acids is 1. The first-order valence-electron chi connectivity index (χ1n) is 14.3. The molecule has 0 aliphatic heterocycles. The molecule has 1 heterocycles. The summed E-state index contributed by atoms with van der Waals surface area (Å²) in [6.45, 7) is 12.7. The normalized spacial score (nSPS) is 10.8. The molecule has 0 radical (unpaired) electrons. The van der Waals surface area contributed by atoms with Crippen molar-refractivity contribution in [2.45, 2.75) is 53.4 Å². The lowest BCUT2D eigenvalue weighted by atomic mass is 9.97. The first-order valence-corrected chi connectivity index (χ1v) is 14.3. The lowest BCUT2D eigenvalue weighted by molar-refractivity contribution is 0.0697. The molecule has 4 nitrogen and oxygen atoms in total. The summed E-state index contributed by atoms with van der Waals surface area (Å²) >= 11 is 0. The van der Waals surface area contributed by atoms with E-state index >= 15 is 0 Å². The second-order valence-electron chi connectivity index (χ2n) is 10.8. The Morgan fingerprint density at radius 3 is 2.12 bits per heavy atom. The van der Waals surface area contributed by atoms with Gasteiger partial charge in [0.25, 0.3) is 0 Å². The maximum Gasteiger partial charge on any atom is 0.336 e. The molecule has 1 N–H and O–H groups in total. The van der Waals surface area contributed by atoms with Gasteiger partial charge in [-0.25, -0.2) is 9.78 Å². The van der Waals surface area contributed by atoms with E-state index in [2.05, 4.69) is 88.4 Å². The quantitative estimate of drug-likeness (QED) is 0.198. The molecule has 5 rings (SSSR count). The average Bonchev–Trinajstić information content (AvgIpc) is 3.31. The van der Waals surface area contributed by atoms with Crippen LogP contribution in [0.4, 0.5) is 0 Å². The van der Waals surface area contributed by atoms with Crippen molar-refractivity contribution in [3.63, 3.8) is 0 Å². The van der Waals surface area contributed by atoms with Gasteiger partial charge in [-0.15, -0.1) is 0 Å². The molecule has 4 heteroatoms. The fourth-order valence-corrected chi connectivity index (χ4v) is 5.14. The summed E-state index contributed by atoms with van der Waals surface area (Å²) < 4.78 is 2.17. The van der Waals surface area contributed by atoms with Crippen molar-refractivity contribution in [2.75, 3.05) is 0 Å². The molecule has 210 valence electrons. The van der Waals surface area contributed by atoms with Crippen LogP contribution in [0.15, 0.2) is 97.1 Å². The standard InChI is InChI=1S/C20H22O2.C17H18N2/c1-3-6-15(2)9-10-16-11-13-17(14-12-16)18-7-4-5-8-19(18)20(21)22;1-11-9-14(10-12(2)13(11)3)17-18-15-7-5-6-8-16(15)19(17)4/h4-5,7-8,11-14H,2-3,6,9-10H2,1H3,(H,21,22);5-10H,1-4H3. The molecule has 0 unspecified atom stereocenters. The maximum absolute atomic E-state index is 11.3. The molecule has 1 aromatic heterocycles. The highest BCUT2D eigenvalue weighted by atomic mass is 16.4. The summed E-state index contributed by atoms with van der Waals surface area (Å²) in [4.78, 5) is 16.0. The van der Waals surface area contributed by atoms with E-state index in [0.29, 0.717) is 5.56 Å². The Kier molecular flexibility index (Phi) is 9.57. The van der Waals surface area contributed by atoms with Crippen molar-refractivity contribution in [3.05, 3.63) is 125 Å². The largest absolute Gasteiger partial charge is 0.478 e. The number of para-hydroxylation sites is 2. The first kappa shape index (κ1) is 29.5. The van der Waals surface area contributed by atoms with Crippen LogP contribution in [0.25, 0.3) is 33.5 Å². The number of hydrogen-bond acceptors (Lipinski definition) is 2. The van der Waals surface area contributed by atoms with Gasteiger partial charge in [0.2, 0.25) is 0 Å². The van der Waals surface area contributed by atoms with E-state index in [1.165, 1.54) is 38.9 Å². The molecule has 0 amide bonds. The number of benzene rings is 4. The van der Waals surface area contributed by atoms with Crippen molar-refractivity contribution in [1.29, 1.82) is 0 Å². The third kappa shape index (κ3) is 7.01. The van der Waals surface area contributed by atoms with Gasteiger partial charge in [0, 0.05) is 12.6 Å². The summed E-state index contributed by atoms with van der Waals surface area (Å²) in [5.41, 5.74) is 12.0. The van der Waals surface area contributed by atoms with Gasteiger partial charge in [-0.05, 0) is 104 Å². The molecule has 0 atom stereocenters. The topological polar surface area (TPSA) is 55.1 Å². The summed E-state index contributed by atoms with van der Waals surface area (Å²) in [6.07, 6.45) is 4.23. The number of rotatable bonds is 8. The van der Waals surface area contributed by atoms with Crippen LogP contribution in [-0.4, -0.2) is 20.6 Å². The number of aryl methyl sites for hydroxylation is 4. The summed E-state index contributed by atoms with van der Waals surface area (Å²) in [7, 11) is 2.08. The fourth-order valence-electron chi connectivity index (χ4n) is 5.14. The van der Waals surface area contributed by atoms with Gasteiger partial charge in [-0.3, -0.25) is 0 Å². The number of allylic oxidation sites excluding steroid dienone is 1. The molecule has 41 heavy (non-hydrogen) atoms. The molecular weight excluding hydrogens is 504 g/mol.